The second-order valence-corrected chi connectivity index (χ2v) is 4.29. The molecule has 88 valence electrons. The third-order valence-electron chi connectivity index (χ3n) is 3.10. The van der Waals surface area contributed by atoms with E-state index in [-0.39, 0.29) is 5.91 Å². The first-order valence-electron chi connectivity index (χ1n) is 5.61. The molecule has 1 fully saturated rings. The minimum absolute atomic E-state index is 0.242. The monoisotopic (exact) mass is 222 g/mol. The average Bonchev–Trinajstić information content (AvgIpc) is 2.71. The summed E-state index contributed by atoms with van der Waals surface area (Å²) in [5.74, 6) is 0.242. The fraction of sp³-hybridized carbons (Fsp3) is 0.636. The van der Waals surface area contributed by atoms with Gasteiger partial charge in [0.25, 0.3) is 0 Å². The lowest BCUT2D eigenvalue weighted by molar-refractivity contribution is -0.132. The van der Waals surface area contributed by atoms with Crippen molar-refractivity contribution < 1.29 is 4.79 Å². The first-order chi connectivity index (χ1) is 7.72. The van der Waals surface area contributed by atoms with E-state index in [2.05, 4.69) is 14.9 Å². The van der Waals surface area contributed by atoms with Gasteiger partial charge in [0.1, 0.15) is 0 Å². The van der Waals surface area contributed by atoms with E-state index >= 15 is 0 Å². The Hall–Kier alpha value is -1.36. The molecule has 1 amide bonds. The van der Waals surface area contributed by atoms with E-state index in [0.29, 0.717) is 12.5 Å². The Morgan fingerprint density at radius 3 is 3.12 bits per heavy atom. The molecule has 1 saturated heterocycles. The predicted octanol–water partition coefficient (Wildman–Crippen LogP) is 0.396. The maximum Gasteiger partial charge on any atom is 0.222 e. The number of piperidine rings is 1. The number of hydrogen-bond acceptors (Lipinski definition) is 3. The van der Waals surface area contributed by atoms with E-state index < -0.39 is 0 Å². The average molecular weight is 222 g/mol. The molecule has 1 aliphatic heterocycles. The standard InChI is InChI=1S/C11H18N4O/c1-12-5-10-6-13-8-15(10)9-3-4-11(16)14(2)7-9/h6,8-9,12H,3-5,7H2,1-2H3. The predicted molar refractivity (Wildman–Crippen MR) is 60.9 cm³/mol. The lowest BCUT2D eigenvalue weighted by Gasteiger charge is -2.31. The Balaban J connectivity index is 2.12. The number of amides is 1. The topological polar surface area (TPSA) is 50.2 Å². The van der Waals surface area contributed by atoms with Crippen molar-refractivity contribution in [3.8, 4) is 0 Å². The van der Waals surface area contributed by atoms with Gasteiger partial charge in [0.15, 0.2) is 0 Å². The number of nitrogens with zero attached hydrogens (tertiary/aromatic N) is 3. The van der Waals surface area contributed by atoms with Crippen LogP contribution in [0.15, 0.2) is 12.5 Å². The van der Waals surface area contributed by atoms with Crippen molar-refractivity contribution in [3.05, 3.63) is 18.2 Å². The number of carbonyl (C=O) groups is 1. The van der Waals surface area contributed by atoms with Crippen molar-refractivity contribution in [2.45, 2.75) is 25.4 Å². The molecule has 0 saturated carbocycles. The minimum atomic E-state index is 0.242. The Bertz CT molecular complexity index is 374. The third-order valence-corrected chi connectivity index (χ3v) is 3.10. The van der Waals surface area contributed by atoms with E-state index in [1.165, 1.54) is 5.69 Å². The zero-order valence-corrected chi connectivity index (χ0v) is 9.81. The summed E-state index contributed by atoms with van der Waals surface area (Å²) in [6.45, 7) is 1.60. The summed E-state index contributed by atoms with van der Waals surface area (Å²) in [6, 6.07) is 0.369. The summed E-state index contributed by atoms with van der Waals surface area (Å²) < 4.78 is 2.18. The molecule has 0 aromatic carbocycles. The molecule has 16 heavy (non-hydrogen) atoms. The fourth-order valence-corrected chi connectivity index (χ4v) is 2.20. The van der Waals surface area contributed by atoms with Gasteiger partial charge >= 0.3 is 0 Å². The summed E-state index contributed by atoms with van der Waals surface area (Å²) in [4.78, 5) is 17.4. The number of hydrogen-bond donors (Lipinski definition) is 1. The van der Waals surface area contributed by atoms with Crippen molar-refractivity contribution in [1.29, 1.82) is 0 Å². The number of carbonyl (C=O) groups excluding carboxylic acids is 1. The molecule has 1 aliphatic rings. The summed E-state index contributed by atoms with van der Waals surface area (Å²) in [7, 11) is 3.79. The second-order valence-electron chi connectivity index (χ2n) is 4.29. The lowest BCUT2D eigenvalue weighted by atomic mass is 10.1. The minimum Gasteiger partial charge on any atom is -0.344 e. The molecule has 1 N–H and O–H groups in total. The third kappa shape index (κ3) is 2.09. The highest BCUT2D eigenvalue weighted by atomic mass is 16.2. The molecular weight excluding hydrogens is 204 g/mol. The van der Waals surface area contributed by atoms with Crippen molar-refractivity contribution in [2.75, 3.05) is 20.6 Å². The SMILES string of the molecule is CNCc1cncn1C1CCC(=O)N(C)C1. The molecule has 0 bridgehead atoms. The smallest absolute Gasteiger partial charge is 0.222 e. The van der Waals surface area contributed by atoms with Crippen LogP contribution in [0.3, 0.4) is 0 Å². The van der Waals surface area contributed by atoms with Crippen LogP contribution >= 0.6 is 0 Å². The second kappa shape index (κ2) is 4.65. The first kappa shape index (κ1) is 11.1. The summed E-state index contributed by atoms with van der Waals surface area (Å²) in [6.07, 6.45) is 5.29. The number of nitrogens with one attached hydrogen (secondary N) is 1. The molecule has 1 unspecified atom stereocenters. The van der Waals surface area contributed by atoms with E-state index in [4.69, 9.17) is 0 Å². The Labute approximate surface area is 95.5 Å². The highest BCUT2D eigenvalue weighted by Crippen LogP contribution is 2.22. The van der Waals surface area contributed by atoms with Gasteiger partial charge in [-0.15, -0.1) is 0 Å². The lowest BCUT2D eigenvalue weighted by Crippen LogP contribution is -2.38. The normalized spacial score (nSPS) is 21.5. The number of likely N-dealkylation sites (tertiary alicyclic amines) is 1. The molecule has 0 spiro atoms. The molecule has 5 nitrogen and oxygen atoms in total. The maximum atomic E-state index is 11.4. The molecular formula is C11H18N4O. The van der Waals surface area contributed by atoms with Crippen LogP contribution in [0, 0.1) is 0 Å². The Kier molecular flexibility index (Phi) is 3.24. The van der Waals surface area contributed by atoms with Gasteiger partial charge in [-0.05, 0) is 13.5 Å². The van der Waals surface area contributed by atoms with Gasteiger partial charge in [-0.3, -0.25) is 4.79 Å². The van der Waals surface area contributed by atoms with Gasteiger partial charge in [-0.1, -0.05) is 0 Å². The number of likely N-dealkylation sites (N-methyl/N-ethyl adjacent to an activating group) is 1. The number of aromatic nitrogens is 2. The molecule has 2 heterocycles. The van der Waals surface area contributed by atoms with Gasteiger partial charge in [0.2, 0.25) is 5.91 Å². The maximum absolute atomic E-state index is 11.4. The summed E-state index contributed by atoms with van der Waals surface area (Å²) in [5.41, 5.74) is 1.18. The van der Waals surface area contributed by atoms with E-state index in [1.807, 2.05) is 26.6 Å². The van der Waals surface area contributed by atoms with E-state index in [1.54, 1.807) is 4.90 Å². The number of imidazole rings is 1. The van der Waals surface area contributed by atoms with Crippen LogP contribution in [0.25, 0.3) is 0 Å². The molecule has 0 radical (unpaired) electrons. The highest BCUT2D eigenvalue weighted by Gasteiger charge is 2.24. The Morgan fingerprint density at radius 2 is 2.44 bits per heavy atom. The Morgan fingerprint density at radius 1 is 1.62 bits per heavy atom. The van der Waals surface area contributed by atoms with Gasteiger partial charge in [0.05, 0.1) is 18.1 Å². The highest BCUT2D eigenvalue weighted by molar-refractivity contribution is 5.76. The van der Waals surface area contributed by atoms with E-state index in [0.717, 1.165) is 19.5 Å². The van der Waals surface area contributed by atoms with Gasteiger partial charge in [-0.2, -0.15) is 0 Å². The quantitative estimate of drug-likeness (QED) is 0.805. The summed E-state index contributed by atoms with van der Waals surface area (Å²) >= 11 is 0. The molecule has 1 aromatic heterocycles. The van der Waals surface area contributed by atoms with Gasteiger partial charge in [0, 0.05) is 32.8 Å². The summed E-state index contributed by atoms with van der Waals surface area (Å²) in [5, 5.41) is 3.13. The molecule has 2 rings (SSSR count). The van der Waals surface area contributed by atoms with Crippen LogP contribution in [-0.2, 0) is 11.3 Å². The van der Waals surface area contributed by atoms with Crippen molar-refractivity contribution in [2.24, 2.45) is 0 Å². The van der Waals surface area contributed by atoms with Crippen LogP contribution in [0.2, 0.25) is 0 Å². The van der Waals surface area contributed by atoms with Crippen LogP contribution in [0.1, 0.15) is 24.6 Å². The van der Waals surface area contributed by atoms with Crippen molar-refractivity contribution in [1.82, 2.24) is 19.8 Å². The van der Waals surface area contributed by atoms with Crippen LogP contribution in [0.5, 0.6) is 0 Å². The molecule has 0 aliphatic carbocycles. The fourth-order valence-electron chi connectivity index (χ4n) is 2.20. The van der Waals surface area contributed by atoms with Crippen LogP contribution in [-0.4, -0.2) is 41.0 Å². The van der Waals surface area contributed by atoms with Crippen LogP contribution < -0.4 is 5.32 Å². The molecule has 1 atom stereocenters. The molecule has 1 aromatic rings. The van der Waals surface area contributed by atoms with Gasteiger partial charge < -0.3 is 14.8 Å². The number of rotatable bonds is 3. The largest absolute Gasteiger partial charge is 0.344 e. The van der Waals surface area contributed by atoms with Crippen LogP contribution in [0.4, 0.5) is 0 Å². The zero-order chi connectivity index (χ0) is 11.5. The molecule has 5 heteroatoms. The van der Waals surface area contributed by atoms with Crippen molar-refractivity contribution in [3.63, 3.8) is 0 Å². The first-order valence-corrected chi connectivity index (χ1v) is 5.61. The van der Waals surface area contributed by atoms with Crippen molar-refractivity contribution >= 4 is 5.91 Å². The van der Waals surface area contributed by atoms with Gasteiger partial charge in [-0.25, -0.2) is 4.98 Å². The van der Waals surface area contributed by atoms with E-state index in [9.17, 15) is 4.79 Å². The zero-order valence-electron chi connectivity index (χ0n) is 9.81.